The molecule has 1 amide bonds. The lowest BCUT2D eigenvalue weighted by atomic mass is 9.99. The summed E-state index contributed by atoms with van der Waals surface area (Å²) in [6, 6.07) is 11.8. The van der Waals surface area contributed by atoms with Crippen molar-refractivity contribution in [1.29, 1.82) is 0 Å². The molecule has 4 rings (SSSR count). The molecule has 2 aromatic carbocycles. The quantitative estimate of drug-likeness (QED) is 0.609. The van der Waals surface area contributed by atoms with Gasteiger partial charge in [0.05, 0.1) is 17.3 Å². The summed E-state index contributed by atoms with van der Waals surface area (Å²) >= 11 is 3.61. The normalized spacial score (nSPS) is 13.4. The average molecular weight is 444 g/mol. The first-order valence-corrected chi connectivity index (χ1v) is 9.70. The molecule has 1 aromatic heterocycles. The van der Waals surface area contributed by atoms with Crippen LogP contribution in [0, 0.1) is 5.82 Å². The van der Waals surface area contributed by atoms with Crippen molar-refractivity contribution < 1.29 is 13.9 Å². The minimum absolute atomic E-state index is 0.0686. The number of benzene rings is 2. The number of nitrogens with zero attached hydrogens (tertiary/aromatic N) is 3. The number of hydrogen-bond acceptors (Lipinski definition) is 3. The third-order valence-electron chi connectivity index (χ3n) is 5.04. The van der Waals surface area contributed by atoms with Crippen molar-refractivity contribution in [3.8, 4) is 17.0 Å². The minimum Gasteiger partial charge on any atom is -0.496 e. The molecule has 0 unspecified atom stereocenters. The van der Waals surface area contributed by atoms with Crippen molar-refractivity contribution in [2.45, 2.75) is 13.0 Å². The smallest absolute Gasteiger partial charge is 0.272 e. The molecule has 0 spiro atoms. The zero-order valence-corrected chi connectivity index (χ0v) is 17.2. The van der Waals surface area contributed by atoms with E-state index in [0.29, 0.717) is 24.5 Å². The summed E-state index contributed by atoms with van der Waals surface area (Å²) in [4.78, 5) is 14.9. The van der Waals surface area contributed by atoms with Crippen molar-refractivity contribution in [2.75, 3.05) is 13.7 Å². The number of amides is 1. The van der Waals surface area contributed by atoms with Gasteiger partial charge in [-0.05, 0) is 69.9 Å². The highest BCUT2D eigenvalue weighted by molar-refractivity contribution is 9.10. The van der Waals surface area contributed by atoms with Crippen molar-refractivity contribution in [3.05, 3.63) is 69.6 Å². The van der Waals surface area contributed by atoms with Gasteiger partial charge in [-0.2, -0.15) is 5.10 Å². The average Bonchev–Trinajstić information content (AvgIpc) is 3.09. The Morgan fingerprint density at radius 2 is 1.96 bits per heavy atom. The van der Waals surface area contributed by atoms with E-state index < -0.39 is 0 Å². The molecule has 0 bridgehead atoms. The molecule has 7 heteroatoms. The number of aromatic nitrogens is 2. The summed E-state index contributed by atoms with van der Waals surface area (Å²) in [6.45, 7) is 1.16. The van der Waals surface area contributed by atoms with E-state index in [1.165, 1.54) is 17.7 Å². The number of halogens is 2. The molecule has 1 aliphatic heterocycles. The maximum absolute atomic E-state index is 13.2. The number of rotatable bonds is 3. The fraction of sp³-hybridized carbons (Fsp3) is 0.238. The zero-order chi connectivity index (χ0) is 19.8. The van der Waals surface area contributed by atoms with E-state index in [4.69, 9.17) is 4.74 Å². The molecule has 28 heavy (non-hydrogen) atoms. The third kappa shape index (κ3) is 3.30. The molecule has 0 saturated carbocycles. The first-order valence-electron chi connectivity index (χ1n) is 8.91. The molecular formula is C21H19BrFN3O2. The van der Waals surface area contributed by atoms with E-state index in [1.54, 1.807) is 37.0 Å². The largest absolute Gasteiger partial charge is 0.496 e. The van der Waals surface area contributed by atoms with Crippen molar-refractivity contribution >= 4 is 21.8 Å². The number of ether oxygens (including phenoxy) is 1. The molecular weight excluding hydrogens is 425 g/mol. The van der Waals surface area contributed by atoms with Gasteiger partial charge in [0.25, 0.3) is 5.91 Å². The topological polar surface area (TPSA) is 47.4 Å². The van der Waals surface area contributed by atoms with Crippen molar-refractivity contribution in [2.24, 2.45) is 7.05 Å². The summed E-state index contributed by atoms with van der Waals surface area (Å²) in [5, 5.41) is 4.43. The van der Waals surface area contributed by atoms with Crippen LogP contribution in [-0.4, -0.2) is 34.2 Å². The highest BCUT2D eigenvalue weighted by atomic mass is 79.9. The Morgan fingerprint density at radius 3 is 2.68 bits per heavy atom. The molecule has 0 atom stereocenters. The van der Waals surface area contributed by atoms with Crippen LogP contribution in [-0.2, 0) is 20.0 Å². The highest BCUT2D eigenvalue weighted by Crippen LogP contribution is 2.34. The van der Waals surface area contributed by atoms with Crippen LogP contribution in [0.25, 0.3) is 11.3 Å². The lowest BCUT2D eigenvalue weighted by Gasteiger charge is -2.30. The Morgan fingerprint density at radius 1 is 1.21 bits per heavy atom. The van der Waals surface area contributed by atoms with Crippen LogP contribution >= 0.6 is 15.9 Å². The zero-order valence-electron chi connectivity index (χ0n) is 15.6. The Labute approximate surface area is 170 Å². The van der Waals surface area contributed by atoms with Gasteiger partial charge in [-0.3, -0.25) is 9.48 Å². The monoisotopic (exact) mass is 443 g/mol. The number of methoxy groups -OCH3 is 1. The fourth-order valence-corrected chi connectivity index (χ4v) is 4.26. The van der Waals surface area contributed by atoms with Crippen LogP contribution in [0.3, 0.4) is 0 Å². The van der Waals surface area contributed by atoms with Crippen LogP contribution in [0.5, 0.6) is 5.75 Å². The molecule has 5 nitrogen and oxygen atoms in total. The second-order valence-corrected chi connectivity index (χ2v) is 7.53. The Kier molecular flexibility index (Phi) is 4.93. The third-order valence-corrected chi connectivity index (χ3v) is 5.91. The summed E-state index contributed by atoms with van der Waals surface area (Å²) in [5.41, 5.74) is 4.22. The molecule has 144 valence electrons. The summed E-state index contributed by atoms with van der Waals surface area (Å²) in [6.07, 6.45) is 0.752. The number of fused-ring (bicyclic) bond motifs is 1. The Bertz CT molecular complexity index is 1050. The van der Waals surface area contributed by atoms with Gasteiger partial charge < -0.3 is 9.64 Å². The molecule has 1 aliphatic rings. The first kappa shape index (κ1) is 18.7. The van der Waals surface area contributed by atoms with Gasteiger partial charge in [-0.25, -0.2) is 4.39 Å². The number of aryl methyl sites for hydroxylation is 1. The molecule has 2 heterocycles. The van der Waals surface area contributed by atoms with E-state index in [1.807, 2.05) is 17.0 Å². The maximum atomic E-state index is 13.2. The second-order valence-electron chi connectivity index (χ2n) is 6.74. The summed E-state index contributed by atoms with van der Waals surface area (Å²) in [5.74, 6) is 0.431. The van der Waals surface area contributed by atoms with Crippen molar-refractivity contribution in [1.82, 2.24) is 14.7 Å². The van der Waals surface area contributed by atoms with E-state index in [-0.39, 0.29) is 11.7 Å². The number of carbonyl (C=O) groups excluding carboxylic acids is 1. The molecule has 0 N–H and O–H groups in total. The van der Waals surface area contributed by atoms with Crippen LogP contribution in [0.2, 0.25) is 0 Å². The predicted octanol–water partition coefficient (Wildman–Crippen LogP) is 4.20. The molecule has 0 radical (unpaired) electrons. The molecule has 0 fully saturated rings. The standard InChI is InChI=1S/C21H19BrFN3O2/c1-25-18(11-17(24-25)13-3-6-15(23)7-4-13)21(27)26-10-9-16-14(12-26)5-8-19(28-2)20(16)22/h3-8,11H,9-10,12H2,1-2H3. The number of carbonyl (C=O) groups is 1. The van der Waals surface area contributed by atoms with Gasteiger partial charge in [-0.1, -0.05) is 6.07 Å². The van der Waals surface area contributed by atoms with Gasteiger partial charge in [0.1, 0.15) is 17.3 Å². The van der Waals surface area contributed by atoms with Gasteiger partial charge >= 0.3 is 0 Å². The second kappa shape index (κ2) is 7.39. The predicted molar refractivity (Wildman–Crippen MR) is 108 cm³/mol. The fourth-order valence-electron chi connectivity index (χ4n) is 3.51. The van der Waals surface area contributed by atoms with Crippen LogP contribution < -0.4 is 4.74 Å². The number of hydrogen-bond donors (Lipinski definition) is 0. The van der Waals surface area contributed by atoms with Crippen LogP contribution in [0.15, 0.2) is 46.9 Å². The Balaban J connectivity index is 1.59. The molecule has 0 saturated heterocycles. The first-order chi connectivity index (χ1) is 13.5. The van der Waals surface area contributed by atoms with E-state index in [0.717, 1.165) is 27.8 Å². The van der Waals surface area contributed by atoms with E-state index in [9.17, 15) is 9.18 Å². The SMILES string of the molecule is COc1ccc2c(c1Br)CCN(C(=O)c1cc(-c3ccc(F)cc3)nn1C)C2. The van der Waals surface area contributed by atoms with Crippen LogP contribution in [0.4, 0.5) is 4.39 Å². The molecule has 3 aromatic rings. The lowest BCUT2D eigenvalue weighted by molar-refractivity contribution is 0.0723. The van der Waals surface area contributed by atoms with Gasteiger partial charge in [0, 0.05) is 25.7 Å². The van der Waals surface area contributed by atoms with Crippen molar-refractivity contribution in [3.63, 3.8) is 0 Å². The maximum Gasteiger partial charge on any atom is 0.272 e. The molecule has 0 aliphatic carbocycles. The van der Waals surface area contributed by atoms with Gasteiger partial charge in [0.2, 0.25) is 0 Å². The summed E-state index contributed by atoms with van der Waals surface area (Å²) < 4.78 is 21.1. The van der Waals surface area contributed by atoms with E-state index in [2.05, 4.69) is 21.0 Å². The van der Waals surface area contributed by atoms with Crippen LogP contribution in [0.1, 0.15) is 21.6 Å². The lowest BCUT2D eigenvalue weighted by Crippen LogP contribution is -2.37. The van der Waals surface area contributed by atoms with E-state index >= 15 is 0 Å². The van der Waals surface area contributed by atoms with Gasteiger partial charge in [0.15, 0.2) is 0 Å². The summed E-state index contributed by atoms with van der Waals surface area (Å²) in [7, 11) is 3.39. The van der Waals surface area contributed by atoms with Gasteiger partial charge in [-0.15, -0.1) is 0 Å². The minimum atomic E-state index is -0.300. The Hall–Kier alpha value is -2.67. The highest BCUT2D eigenvalue weighted by Gasteiger charge is 2.26.